The zero-order valence-corrected chi connectivity index (χ0v) is 7.48. The predicted molar refractivity (Wildman–Crippen MR) is 47.1 cm³/mol. The number of nitrogens with two attached hydrogens (primary N) is 1. The van der Waals surface area contributed by atoms with Crippen LogP contribution in [0, 0.1) is 0 Å². The molecule has 0 heterocycles. The normalized spacial score (nSPS) is 10.0. The minimum Gasteiger partial charge on any atom is -0.267 e. The van der Waals surface area contributed by atoms with Crippen molar-refractivity contribution in [3.8, 4) is 0 Å². The van der Waals surface area contributed by atoms with Gasteiger partial charge in [0.2, 0.25) is 10.9 Å². The van der Waals surface area contributed by atoms with Crippen LogP contribution in [0.4, 0.5) is 0 Å². The minimum atomic E-state index is -3.06. The third kappa shape index (κ3) is 2.27. The predicted octanol–water partition coefficient (Wildman–Crippen LogP) is -0.471. The molecule has 0 saturated heterocycles. The van der Waals surface area contributed by atoms with Gasteiger partial charge in [-0.15, -0.1) is 0 Å². The molecule has 1 aromatic carbocycles. The summed E-state index contributed by atoms with van der Waals surface area (Å²) in [5.74, 6) is 4.24. The monoisotopic (exact) mass is 200 g/mol. The fraction of sp³-hybridized carbons (Fsp3) is 0. The molecule has 0 bridgehead atoms. The number of hydrazine groups is 1. The summed E-state index contributed by atoms with van der Waals surface area (Å²) in [6, 6.07) is 7.94. The van der Waals surface area contributed by atoms with Gasteiger partial charge in [0.15, 0.2) is 0 Å². The van der Waals surface area contributed by atoms with Crippen molar-refractivity contribution >= 4 is 16.8 Å². The SMILES string of the molecule is NN(C(=O)c1ccccc1)[SH](=O)=O. The van der Waals surface area contributed by atoms with Crippen molar-refractivity contribution in [2.45, 2.75) is 0 Å². The van der Waals surface area contributed by atoms with Crippen LogP contribution in [0.25, 0.3) is 0 Å². The van der Waals surface area contributed by atoms with Crippen molar-refractivity contribution < 1.29 is 13.2 Å². The van der Waals surface area contributed by atoms with E-state index < -0.39 is 16.8 Å². The fourth-order valence-corrected chi connectivity index (χ4v) is 1.05. The van der Waals surface area contributed by atoms with Gasteiger partial charge in [0.05, 0.1) is 0 Å². The lowest BCUT2D eigenvalue weighted by Crippen LogP contribution is -2.35. The molecule has 0 spiro atoms. The number of hydrogen-bond acceptors (Lipinski definition) is 4. The Morgan fingerprint density at radius 3 is 2.23 bits per heavy atom. The molecule has 0 saturated carbocycles. The highest BCUT2D eigenvalue weighted by Gasteiger charge is 2.12. The first-order valence-electron chi connectivity index (χ1n) is 3.41. The standard InChI is InChI=1S/C7H8N2O3S/c8-9(13(11)12)7(10)6-4-2-1-3-5-6/h1-5,13H,8H2. The van der Waals surface area contributed by atoms with Gasteiger partial charge in [0, 0.05) is 5.56 Å². The Kier molecular flexibility index (Phi) is 2.99. The molecule has 0 aliphatic carbocycles. The minimum absolute atomic E-state index is 0.185. The van der Waals surface area contributed by atoms with Crippen molar-refractivity contribution in [3.05, 3.63) is 35.9 Å². The number of carbonyl (C=O) groups is 1. The van der Waals surface area contributed by atoms with E-state index in [0.717, 1.165) is 0 Å². The van der Waals surface area contributed by atoms with E-state index in [1.807, 2.05) is 0 Å². The Bertz CT molecular complexity index is 367. The Morgan fingerprint density at radius 2 is 1.77 bits per heavy atom. The summed E-state index contributed by atoms with van der Waals surface area (Å²) in [5, 5.41) is 0. The molecular formula is C7H8N2O3S. The average molecular weight is 200 g/mol. The van der Waals surface area contributed by atoms with Gasteiger partial charge in [-0.3, -0.25) is 4.79 Å². The Hall–Kier alpha value is -1.40. The fourth-order valence-electron chi connectivity index (χ4n) is 0.787. The lowest BCUT2D eigenvalue weighted by atomic mass is 10.2. The summed E-state index contributed by atoms with van der Waals surface area (Å²) >= 11 is 0. The summed E-state index contributed by atoms with van der Waals surface area (Å²) in [7, 11) is -3.06. The molecule has 2 N–H and O–H groups in total. The Balaban J connectivity index is 2.93. The van der Waals surface area contributed by atoms with E-state index in [0.29, 0.717) is 0 Å². The van der Waals surface area contributed by atoms with Crippen molar-refractivity contribution in [1.82, 2.24) is 4.41 Å². The van der Waals surface area contributed by atoms with E-state index in [1.54, 1.807) is 18.2 Å². The van der Waals surface area contributed by atoms with Crippen molar-refractivity contribution in [1.29, 1.82) is 0 Å². The third-order valence-electron chi connectivity index (χ3n) is 1.40. The van der Waals surface area contributed by atoms with Crippen LogP contribution in [-0.2, 0) is 10.9 Å². The molecular weight excluding hydrogens is 192 g/mol. The van der Waals surface area contributed by atoms with E-state index in [9.17, 15) is 13.2 Å². The van der Waals surface area contributed by atoms with Crippen LogP contribution in [0.2, 0.25) is 0 Å². The van der Waals surface area contributed by atoms with Crippen LogP contribution >= 0.6 is 0 Å². The highest BCUT2D eigenvalue weighted by Crippen LogP contribution is 2.00. The van der Waals surface area contributed by atoms with E-state index in [-0.39, 0.29) is 9.98 Å². The number of nitrogens with zero attached hydrogens (tertiary/aromatic N) is 1. The molecule has 1 aromatic rings. The summed E-state index contributed by atoms with van der Waals surface area (Å²) < 4.78 is 20.8. The first-order chi connectivity index (χ1) is 6.13. The van der Waals surface area contributed by atoms with E-state index >= 15 is 0 Å². The number of amides is 1. The van der Waals surface area contributed by atoms with Gasteiger partial charge in [-0.25, -0.2) is 14.3 Å². The number of benzene rings is 1. The highest BCUT2D eigenvalue weighted by molar-refractivity contribution is 7.70. The molecule has 1 rings (SSSR count). The molecule has 0 aliphatic rings. The van der Waals surface area contributed by atoms with Gasteiger partial charge >= 0.3 is 0 Å². The van der Waals surface area contributed by atoms with Gasteiger partial charge in [0.1, 0.15) is 0 Å². The number of hydrogen-bond donors (Lipinski definition) is 2. The number of thiol groups is 1. The van der Waals surface area contributed by atoms with E-state index in [2.05, 4.69) is 0 Å². The van der Waals surface area contributed by atoms with Crippen LogP contribution in [-0.4, -0.2) is 18.7 Å². The van der Waals surface area contributed by atoms with E-state index in [1.165, 1.54) is 12.1 Å². The second-order valence-corrected chi connectivity index (χ2v) is 3.16. The van der Waals surface area contributed by atoms with Crippen molar-refractivity contribution in [3.63, 3.8) is 0 Å². The number of rotatable bonds is 2. The van der Waals surface area contributed by atoms with Crippen LogP contribution in [0.15, 0.2) is 30.3 Å². The van der Waals surface area contributed by atoms with Crippen LogP contribution in [0.1, 0.15) is 10.4 Å². The van der Waals surface area contributed by atoms with E-state index in [4.69, 9.17) is 5.84 Å². The topological polar surface area (TPSA) is 80.5 Å². The Morgan fingerprint density at radius 1 is 1.23 bits per heavy atom. The lowest BCUT2D eigenvalue weighted by Gasteiger charge is -2.07. The third-order valence-corrected chi connectivity index (χ3v) is 1.94. The maximum atomic E-state index is 11.2. The molecule has 0 aromatic heterocycles. The molecule has 0 atom stereocenters. The molecule has 13 heavy (non-hydrogen) atoms. The van der Waals surface area contributed by atoms with Gasteiger partial charge < -0.3 is 0 Å². The van der Waals surface area contributed by atoms with Crippen LogP contribution in [0.5, 0.6) is 0 Å². The molecule has 1 amide bonds. The first kappa shape index (κ1) is 9.69. The number of carbonyl (C=O) groups excluding carboxylic acids is 1. The zero-order chi connectivity index (χ0) is 9.84. The van der Waals surface area contributed by atoms with Gasteiger partial charge in [-0.2, -0.15) is 4.41 Å². The summed E-state index contributed by atoms with van der Waals surface area (Å²) in [6.07, 6.45) is 0. The Labute approximate surface area is 76.8 Å². The largest absolute Gasteiger partial charge is 0.281 e. The van der Waals surface area contributed by atoms with Crippen LogP contribution < -0.4 is 5.84 Å². The van der Waals surface area contributed by atoms with Crippen LogP contribution in [0.3, 0.4) is 0 Å². The molecule has 0 fully saturated rings. The highest BCUT2D eigenvalue weighted by atomic mass is 32.2. The van der Waals surface area contributed by atoms with Gasteiger partial charge in [-0.1, -0.05) is 18.2 Å². The smallest absolute Gasteiger partial charge is 0.267 e. The maximum absolute atomic E-state index is 11.2. The maximum Gasteiger partial charge on any atom is 0.281 e. The molecule has 0 aliphatic heterocycles. The average Bonchev–Trinajstić information content (AvgIpc) is 2.17. The second-order valence-electron chi connectivity index (χ2n) is 2.25. The molecule has 70 valence electrons. The first-order valence-corrected chi connectivity index (χ1v) is 4.54. The van der Waals surface area contributed by atoms with Crippen molar-refractivity contribution in [2.24, 2.45) is 5.84 Å². The quantitative estimate of drug-likeness (QED) is 0.293. The summed E-state index contributed by atoms with van der Waals surface area (Å²) in [4.78, 5) is 11.2. The zero-order valence-electron chi connectivity index (χ0n) is 6.58. The molecule has 5 nitrogen and oxygen atoms in total. The molecule has 0 radical (unpaired) electrons. The van der Waals surface area contributed by atoms with Gasteiger partial charge in [0.25, 0.3) is 5.91 Å². The summed E-state index contributed by atoms with van der Waals surface area (Å²) in [5.41, 5.74) is 0.240. The lowest BCUT2D eigenvalue weighted by molar-refractivity contribution is 0.0865. The van der Waals surface area contributed by atoms with Crippen molar-refractivity contribution in [2.75, 3.05) is 0 Å². The molecule has 6 heteroatoms. The second kappa shape index (κ2) is 4.01. The molecule has 0 unspecified atom stereocenters. The van der Waals surface area contributed by atoms with Gasteiger partial charge in [-0.05, 0) is 12.1 Å². The summed E-state index contributed by atoms with van der Waals surface area (Å²) in [6.45, 7) is 0.